The fraction of sp³-hybridized carbons (Fsp3) is 0.409. The minimum Gasteiger partial charge on any atom is -0.385 e. The van der Waals surface area contributed by atoms with Gasteiger partial charge in [-0.3, -0.25) is 4.79 Å². The van der Waals surface area contributed by atoms with Gasteiger partial charge in [0.1, 0.15) is 0 Å². The van der Waals surface area contributed by atoms with E-state index in [2.05, 4.69) is 10.6 Å². The molecule has 0 spiro atoms. The van der Waals surface area contributed by atoms with E-state index >= 15 is 0 Å². The molecule has 1 amide bonds. The van der Waals surface area contributed by atoms with Gasteiger partial charge < -0.3 is 10.6 Å². The predicted molar refractivity (Wildman–Crippen MR) is 115 cm³/mol. The van der Waals surface area contributed by atoms with E-state index in [0.717, 1.165) is 34.6 Å². The van der Waals surface area contributed by atoms with E-state index in [1.165, 1.54) is 0 Å². The number of para-hydroxylation sites is 1. The number of anilines is 1. The zero-order valence-electron chi connectivity index (χ0n) is 17.4. The Bertz CT molecular complexity index is 1010. The smallest absolute Gasteiger partial charge is 0.385 e. The number of carbonyl (C=O) groups is 1. The highest BCUT2D eigenvalue weighted by molar-refractivity contribution is 7.89. The topological polar surface area (TPSA) is 78.5 Å². The number of nitrogens with zero attached hydrogens (tertiary/aromatic N) is 1. The second-order valence-corrected chi connectivity index (χ2v) is 9.58. The van der Waals surface area contributed by atoms with Gasteiger partial charge in [-0.2, -0.15) is 17.5 Å². The van der Waals surface area contributed by atoms with Crippen molar-refractivity contribution in [2.75, 3.05) is 31.5 Å². The normalized spacial score (nSPS) is 16.0. The number of halogens is 3. The van der Waals surface area contributed by atoms with Gasteiger partial charge in [0.15, 0.2) is 0 Å². The third kappa shape index (κ3) is 6.23. The van der Waals surface area contributed by atoms with Crippen LogP contribution in [0.15, 0.2) is 59.5 Å². The van der Waals surface area contributed by atoms with Crippen molar-refractivity contribution in [1.29, 1.82) is 0 Å². The summed E-state index contributed by atoms with van der Waals surface area (Å²) in [5.74, 6) is -0.439. The van der Waals surface area contributed by atoms with E-state index in [1.807, 2.05) is 30.3 Å². The lowest BCUT2D eigenvalue weighted by molar-refractivity contribution is -0.137. The molecule has 2 aromatic rings. The zero-order chi connectivity index (χ0) is 23.2. The van der Waals surface area contributed by atoms with Crippen LogP contribution in [0, 0.1) is 5.92 Å². The van der Waals surface area contributed by atoms with Crippen LogP contribution in [0.2, 0.25) is 0 Å². The number of nitrogens with one attached hydrogen (secondary N) is 2. The summed E-state index contributed by atoms with van der Waals surface area (Å²) in [5.41, 5.74) is 0.00257. The molecule has 1 heterocycles. The minimum absolute atomic E-state index is 0.0895. The SMILES string of the molecule is O=C(NCCCNc1ccccc1)C1CCN(S(=O)(=O)c2cccc(C(F)(F)F)c2)CC1. The Hall–Kier alpha value is -2.59. The van der Waals surface area contributed by atoms with Crippen LogP contribution in [0.3, 0.4) is 0 Å². The number of sulfonamides is 1. The molecule has 1 fully saturated rings. The van der Waals surface area contributed by atoms with Gasteiger partial charge in [0.25, 0.3) is 0 Å². The van der Waals surface area contributed by atoms with Crippen molar-refractivity contribution in [3.8, 4) is 0 Å². The Morgan fingerprint density at radius 3 is 2.34 bits per heavy atom. The number of alkyl halides is 3. The molecule has 0 bridgehead atoms. The van der Waals surface area contributed by atoms with E-state index in [9.17, 15) is 26.4 Å². The Labute approximate surface area is 185 Å². The van der Waals surface area contributed by atoms with Gasteiger partial charge in [0.2, 0.25) is 15.9 Å². The molecule has 0 atom stereocenters. The molecule has 2 N–H and O–H groups in total. The summed E-state index contributed by atoms with van der Waals surface area (Å²) in [6, 6.07) is 13.5. The first-order valence-corrected chi connectivity index (χ1v) is 11.9. The van der Waals surface area contributed by atoms with E-state index in [0.29, 0.717) is 32.0 Å². The average molecular weight is 470 g/mol. The lowest BCUT2D eigenvalue weighted by atomic mass is 9.97. The third-order valence-electron chi connectivity index (χ3n) is 5.38. The van der Waals surface area contributed by atoms with Crippen LogP contribution in [-0.4, -0.2) is 44.8 Å². The highest BCUT2D eigenvalue weighted by Crippen LogP contribution is 2.32. The molecule has 1 aliphatic heterocycles. The summed E-state index contributed by atoms with van der Waals surface area (Å²) in [6.07, 6.45) is -3.23. The number of hydrogen-bond donors (Lipinski definition) is 2. The van der Waals surface area contributed by atoms with Crippen LogP contribution < -0.4 is 10.6 Å². The molecule has 6 nitrogen and oxygen atoms in total. The molecule has 3 rings (SSSR count). The first kappa shape index (κ1) is 24.1. The van der Waals surface area contributed by atoms with Crippen LogP contribution in [0.25, 0.3) is 0 Å². The van der Waals surface area contributed by atoms with Crippen LogP contribution in [-0.2, 0) is 21.0 Å². The van der Waals surface area contributed by atoms with Crippen molar-refractivity contribution in [3.05, 3.63) is 60.2 Å². The van der Waals surface area contributed by atoms with Gasteiger partial charge in [0, 0.05) is 37.8 Å². The number of carbonyl (C=O) groups excluding carboxylic acids is 1. The molecular weight excluding hydrogens is 443 g/mol. The number of amides is 1. The molecule has 10 heteroatoms. The van der Waals surface area contributed by atoms with Gasteiger partial charge in [-0.05, 0) is 49.6 Å². The Morgan fingerprint density at radius 2 is 1.69 bits per heavy atom. The Balaban J connectivity index is 1.45. The van der Waals surface area contributed by atoms with Gasteiger partial charge in [-0.15, -0.1) is 0 Å². The lowest BCUT2D eigenvalue weighted by Crippen LogP contribution is -2.43. The average Bonchev–Trinajstić information content (AvgIpc) is 2.79. The number of piperidine rings is 1. The molecule has 2 aromatic carbocycles. The van der Waals surface area contributed by atoms with Gasteiger partial charge >= 0.3 is 6.18 Å². The second-order valence-electron chi connectivity index (χ2n) is 7.64. The van der Waals surface area contributed by atoms with Crippen LogP contribution in [0.1, 0.15) is 24.8 Å². The standard InChI is InChI=1S/C22H26F3N3O3S/c23-22(24,25)18-6-4-9-20(16-18)32(30,31)28-14-10-17(11-15-28)21(29)27-13-5-12-26-19-7-2-1-3-8-19/h1-4,6-9,16-17,26H,5,10-15H2,(H,27,29). The van der Waals surface area contributed by atoms with Crippen LogP contribution in [0.4, 0.5) is 18.9 Å². The summed E-state index contributed by atoms with van der Waals surface area (Å²) < 4.78 is 65.4. The number of hydrogen-bond acceptors (Lipinski definition) is 4. The van der Waals surface area contributed by atoms with Crippen molar-refractivity contribution in [2.45, 2.75) is 30.3 Å². The molecule has 32 heavy (non-hydrogen) atoms. The molecule has 0 unspecified atom stereocenters. The Morgan fingerprint density at radius 1 is 1.00 bits per heavy atom. The molecule has 0 aliphatic carbocycles. The van der Waals surface area contributed by atoms with Crippen molar-refractivity contribution < 1.29 is 26.4 Å². The van der Waals surface area contributed by atoms with Crippen molar-refractivity contribution >= 4 is 21.6 Å². The van der Waals surface area contributed by atoms with Crippen molar-refractivity contribution in [2.24, 2.45) is 5.92 Å². The second kappa shape index (κ2) is 10.4. The van der Waals surface area contributed by atoms with Gasteiger partial charge in [0.05, 0.1) is 10.5 Å². The monoisotopic (exact) mass is 469 g/mol. The first-order chi connectivity index (χ1) is 15.2. The molecule has 0 radical (unpaired) electrons. The maximum atomic E-state index is 12.9. The van der Waals surface area contributed by atoms with Gasteiger partial charge in [-0.25, -0.2) is 8.42 Å². The summed E-state index contributed by atoms with van der Waals surface area (Å²) in [5, 5.41) is 6.13. The number of benzene rings is 2. The quantitative estimate of drug-likeness (QED) is 0.578. The molecule has 1 aliphatic rings. The van der Waals surface area contributed by atoms with Crippen molar-refractivity contribution in [1.82, 2.24) is 9.62 Å². The highest BCUT2D eigenvalue weighted by atomic mass is 32.2. The van der Waals surface area contributed by atoms with Crippen molar-refractivity contribution in [3.63, 3.8) is 0 Å². The Kier molecular flexibility index (Phi) is 7.78. The fourth-order valence-electron chi connectivity index (χ4n) is 3.57. The van der Waals surface area contributed by atoms with E-state index in [4.69, 9.17) is 0 Å². The van der Waals surface area contributed by atoms with E-state index in [1.54, 1.807) is 0 Å². The van der Waals surface area contributed by atoms with Crippen LogP contribution >= 0.6 is 0 Å². The van der Waals surface area contributed by atoms with E-state index < -0.39 is 21.8 Å². The molecule has 0 aromatic heterocycles. The summed E-state index contributed by atoms with van der Waals surface area (Å²) >= 11 is 0. The largest absolute Gasteiger partial charge is 0.416 e. The highest BCUT2D eigenvalue weighted by Gasteiger charge is 2.35. The lowest BCUT2D eigenvalue weighted by Gasteiger charge is -2.30. The van der Waals surface area contributed by atoms with E-state index in [-0.39, 0.29) is 29.8 Å². The number of rotatable bonds is 8. The summed E-state index contributed by atoms with van der Waals surface area (Å²) in [7, 11) is -4.05. The third-order valence-corrected chi connectivity index (χ3v) is 7.27. The maximum Gasteiger partial charge on any atom is 0.416 e. The van der Waals surface area contributed by atoms with Gasteiger partial charge in [-0.1, -0.05) is 24.3 Å². The van der Waals surface area contributed by atoms with Crippen LogP contribution in [0.5, 0.6) is 0 Å². The summed E-state index contributed by atoms with van der Waals surface area (Å²) in [6.45, 7) is 1.39. The summed E-state index contributed by atoms with van der Waals surface area (Å²) in [4.78, 5) is 12.0. The first-order valence-electron chi connectivity index (χ1n) is 10.4. The molecule has 0 saturated carbocycles. The predicted octanol–water partition coefficient (Wildman–Crippen LogP) is 3.72. The molecular formula is C22H26F3N3O3S. The minimum atomic E-state index is -4.62. The maximum absolute atomic E-state index is 12.9. The fourth-order valence-corrected chi connectivity index (χ4v) is 5.09. The zero-order valence-corrected chi connectivity index (χ0v) is 18.3. The molecule has 174 valence electrons. The molecule has 1 saturated heterocycles.